The molecule has 3 heteroatoms. The van der Waals surface area contributed by atoms with E-state index in [1.807, 2.05) is 0 Å². The minimum absolute atomic E-state index is 0.0400. The average molecular weight is 346 g/mol. The molecule has 0 saturated heterocycles. The zero-order chi connectivity index (χ0) is 14.3. The molecule has 102 valence electrons. The Morgan fingerprint density at radius 1 is 1.00 bits per heavy atom. The quantitative estimate of drug-likeness (QED) is 0.667. The highest BCUT2D eigenvalue weighted by atomic mass is 79.9. The Kier molecular flexibility index (Phi) is 3.67. The number of benzene rings is 2. The Hall–Kier alpha value is -1.16. The van der Waals surface area contributed by atoms with Crippen molar-refractivity contribution in [3.63, 3.8) is 0 Å². The Morgan fingerprint density at radius 3 is 2.40 bits per heavy atom. The van der Waals surface area contributed by atoms with Crippen LogP contribution in [0.5, 0.6) is 0 Å². The monoisotopic (exact) mass is 345 g/mol. The van der Waals surface area contributed by atoms with Gasteiger partial charge in [-0.05, 0) is 60.0 Å². The molecule has 2 aromatic carbocycles. The normalized spacial score (nSPS) is 12.8. The van der Waals surface area contributed by atoms with E-state index in [9.17, 15) is 0 Å². The average Bonchev–Trinajstić information content (AvgIpc) is 2.76. The van der Waals surface area contributed by atoms with Crippen LogP contribution in [0.25, 0.3) is 10.8 Å². The van der Waals surface area contributed by atoms with E-state index >= 15 is 0 Å². The van der Waals surface area contributed by atoms with Gasteiger partial charge in [0, 0.05) is 14.2 Å². The maximum absolute atomic E-state index is 6.45. The van der Waals surface area contributed by atoms with Gasteiger partial charge in [-0.1, -0.05) is 34.1 Å². The molecule has 2 N–H and O–H groups in total. The van der Waals surface area contributed by atoms with Crippen molar-refractivity contribution in [1.82, 2.24) is 0 Å². The van der Waals surface area contributed by atoms with Crippen molar-refractivity contribution in [1.29, 1.82) is 0 Å². The molecule has 0 radical (unpaired) electrons. The summed E-state index contributed by atoms with van der Waals surface area (Å²) in [5.74, 6) is 0. The van der Waals surface area contributed by atoms with Gasteiger partial charge in [0.2, 0.25) is 0 Å². The van der Waals surface area contributed by atoms with Gasteiger partial charge in [-0.15, -0.1) is 11.3 Å². The van der Waals surface area contributed by atoms with Gasteiger partial charge in [0.25, 0.3) is 0 Å². The lowest BCUT2D eigenvalue weighted by Crippen LogP contribution is -2.11. The molecule has 1 aromatic heterocycles. The summed E-state index contributed by atoms with van der Waals surface area (Å²) in [6.45, 7) is 4.27. The van der Waals surface area contributed by atoms with E-state index in [2.05, 4.69) is 72.2 Å². The van der Waals surface area contributed by atoms with Gasteiger partial charge in [-0.3, -0.25) is 0 Å². The largest absolute Gasteiger partial charge is 0.320 e. The summed E-state index contributed by atoms with van der Waals surface area (Å²) >= 11 is 5.30. The smallest absolute Gasteiger partial charge is 0.0649 e. The topological polar surface area (TPSA) is 26.0 Å². The van der Waals surface area contributed by atoms with Crippen molar-refractivity contribution in [3.05, 3.63) is 67.8 Å². The molecule has 1 heterocycles. The van der Waals surface area contributed by atoms with Crippen LogP contribution in [-0.2, 0) is 0 Å². The van der Waals surface area contributed by atoms with Crippen molar-refractivity contribution in [2.24, 2.45) is 5.73 Å². The first kappa shape index (κ1) is 13.8. The summed E-state index contributed by atoms with van der Waals surface area (Å²) in [4.78, 5) is 2.58. The number of nitrogens with two attached hydrogens (primary N) is 1. The first-order valence-electron chi connectivity index (χ1n) is 6.56. The summed E-state index contributed by atoms with van der Waals surface area (Å²) in [5.41, 5.74) is 8.91. The van der Waals surface area contributed by atoms with Crippen LogP contribution in [-0.4, -0.2) is 0 Å². The summed E-state index contributed by atoms with van der Waals surface area (Å²) in [5, 5.41) is 2.46. The van der Waals surface area contributed by atoms with Gasteiger partial charge in [0.15, 0.2) is 0 Å². The van der Waals surface area contributed by atoms with E-state index < -0.39 is 0 Å². The van der Waals surface area contributed by atoms with Gasteiger partial charge in [-0.25, -0.2) is 0 Å². The predicted octanol–water partition coefficient (Wildman–Crippen LogP) is 5.33. The van der Waals surface area contributed by atoms with E-state index in [0.29, 0.717) is 0 Å². The summed E-state index contributed by atoms with van der Waals surface area (Å²) in [6, 6.07) is 15.0. The molecule has 1 atom stereocenters. The van der Waals surface area contributed by atoms with Crippen LogP contribution in [0, 0.1) is 13.8 Å². The molecule has 0 saturated carbocycles. The van der Waals surface area contributed by atoms with E-state index in [1.54, 1.807) is 11.3 Å². The fourth-order valence-electron chi connectivity index (χ4n) is 2.55. The SMILES string of the molecule is Cc1cc(C)c(C(N)c2ccc3cc(Br)ccc3c2)s1. The molecule has 1 nitrogen and oxygen atoms in total. The first-order chi connectivity index (χ1) is 9.54. The molecular formula is C17H16BrNS. The standard InChI is InChI=1S/C17H16BrNS/c1-10-7-11(2)20-17(10)16(19)14-4-3-13-9-15(18)6-5-12(13)8-14/h3-9,16H,19H2,1-2H3. The molecule has 3 rings (SSSR count). The highest BCUT2D eigenvalue weighted by Gasteiger charge is 2.14. The number of fused-ring (bicyclic) bond motifs is 1. The van der Waals surface area contributed by atoms with Crippen LogP contribution < -0.4 is 5.73 Å². The maximum Gasteiger partial charge on any atom is 0.0649 e. The predicted molar refractivity (Wildman–Crippen MR) is 91.5 cm³/mol. The Labute approximate surface area is 131 Å². The lowest BCUT2D eigenvalue weighted by atomic mass is 10.00. The van der Waals surface area contributed by atoms with E-state index in [4.69, 9.17) is 5.73 Å². The van der Waals surface area contributed by atoms with Gasteiger partial charge in [-0.2, -0.15) is 0 Å². The lowest BCUT2D eigenvalue weighted by Gasteiger charge is -2.13. The van der Waals surface area contributed by atoms with Crippen molar-refractivity contribution in [2.75, 3.05) is 0 Å². The molecule has 0 aliphatic carbocycles. The summed E-state index contributed by atoms with van der Waals surface area (Å²) in [6.07, 6.45) is 0. The number of hydrogen-bond acceptors (Lipinski definition) is 2. The number of rotatable bonds is 2. The summed E-state index contributed by atoms with van der Waals surface area (Å²) in [7, 11) is 0. The third-order valence-corrected chi connectivity index (χ3v) is 5.28. The van der Waals surface area contributed by atoms with Crippen LogP contribution in [0.1, 0.15) is 26.9 Å². The zero-order valence-electron chi connectivity index (χ0n) is 11.5. The third kappa shape index (κ3) is 2.53. The van der Waals surface area contributed by atoms with E-state index in [-0.39, 0.29) is 6.04 Å². The summed E-state index contributed by atoms with van der Waals surface area (Å²) < 4.78 is 1.10. The highest BCUT2D eigenvalue weighted by molar-refractivity contribution is 9.10. The van der Waals surface area contributed by atoms with Crippen molar-refractivity contribution < 1.29 is 0 Å². The van der Waals surface area contributed by atoms with Crippen LogP contribution in [0.15, 0.2) is 46.9 Å². The molecule has 0 amide bonds. The van der Waals surface area contributed by atoms with Crippen molar-refractivity contribution in [3.8, 4) is 0 Å². The first-order valence-corrected chi connectivity index (χ1v) is 8.17. The van der Waals surface area contributed by atoms with Crippen LogP contribution >= 0.6 is 27.3 Å². The fourth-order valence-corrected chi connectivity index (χ4v) is 3.99. The number of hydrogen-bond donors (Lipinski definition) is 1. The maximum atomic E-state index is 6.45. The molecule has 3 aromatic rings. The second kappa shape index (κ2) is 5.32. The lowest BCUT2D eigenvalue weighted by molar-refractivity contribution is 0.887. The van der Waals surface area contributed by atoms with Gasteiger partial charge < -0.3 is 5.73 Å². The number of aryl methyl sites for hydroxylation is 2. The molecule has 0 aliphatic heterocycles. The van der Waals surface area contributed by atoms with Crippen LogP contribution in [0.3, 0.4) is 0 Å². The Morgan fingerprint density at radius 2 is 1.70 bits per heavy atom. The highest BCUT2D eigenvalue weighted by Crippen LogP contribution is 2.32. The van der Waals surface area contributed by atoms with E-state index in [0.717, 1.165) is 4.47 Å². The minimum atomic E-state index is -0.0400. The van der Waals surface area contributed by atoms with Crippen LogP contribution in [0.4, 0.5) is 0 Å². The third-order valence-electron chi connectivity index (χ3n) is 3.55. The van der Waals surface area contributed by atoms with Crippen molar-refractivity contribution in [2.45, 2.75) is 19.9 Å². The van der Waals surface area contributed by atoms with Gasteiger partial charge >= 0.3 is 0 Å². The second-order valence-electron chi connectivity index (χ2n) is 5.13. The number of thiophene rings is 1. The second-order valence-corrected chi connectivity index (χ2v) is 7.34. The van der Waals surface area contributed by atoms with Crippen LogP contribution in [0.2, 0.25) is 0 Å². The molecule has 0 aliphatic rings. The Bertz CT molecular complexity index is 776. The van der Waals surface area contributed by atoms with Gasteiger partial charge in [0.05, 0.1) is 6.04 Å². The van der Waals surface area contributed by atoms with Gasteiger partial charge in [0.1, 0.15) is 0 Å². The molecule has 1 unspecified atom stereocenters. The molecular weight excluding hydrogens is 330 g/mol. The number of halogens is 1. The molecule has 0 bridgehead atoms. The zero-order valence-corrected chi connectivity index (χ0v) is 13.9. The Balaban J connectivity index is 2.05. The molecule has 0 fully saturated rings. The fraction of sp³-hybridized carbons (Fsp3) is 0.176. The minimum Gasteiger partial charge on any atom is -0.320 e. The van der Waals surface area contributed by atoms with Crippen molar-refractivity contribution >= 4 is 38.0 Å². The van der Waals surface area contributed by atoms with E-state index in [1.165, 1.54) is 31.7 Å². The molecule has 0 spiro atoms. The molecule has 20 heavy (non-hydrogen) atoms.